The van der Waals surface area contributed by atoms with Crippen LogP contribution in [0.2, 0.25) is 0 Å². The van der Waals surface area contributed by atoms with E-state index in [1.165, 1.54) is 23.3 Å². The maximum absolute atomic E-state index is 13.4. The van der Waals surface area contributed by atoms with Crippen LogP contribution in [-0.4, -0.2) is 36.3 Å². The highest BCUT2D eigenvalue weighted by Gasteiger charge is 2.26. The quantitative estimate of drug-likeness (QED) is 0.257. The van der Waals surface area contributed by atoms with Crippen LogP contribution >= 0.6 is 11.8 Å². The normalized spacial score (nSPS) is 12.2. The van der Waals surface area contributed by atoms with Crippen LogP contribution in [0, 0.1) is 20.8 Å². The summed E-state index contributed by atoms with van der Waals surface area (Å²) >= 11 is 1.19. The summed E-state index contributed by atoms with van der Waals surface area (Å²) in [4.78, 5) is 50.8. The number of pyridine rings is 1. The molecule has 1 atom stereocenters. The van der Waals surface area contributed by atoms with Crippen LogP contribution in [-0.2, 0) is 0 Å². The number of fused-ring (bicyclic) bond motifs is 1. The highest BCUT2D eigenvalue weighted by Crippen LogP contribution is 2.28. The molecule has 0 spiro atoms. The van der Waals surface area contributed by atoms with E-state index in [0.29, 0.717) is 44.4 Å². The van der Waals surface area contributed by atoms with Crippen molar-refractivity contribution in [1.82, 2.24) is 19.5 Å². The zero-order valence-electron chi connectivity index (χ0n) is 19.1. The van der Waals surface area contributed by atoms with Gasteiger partial charge in [0.2, 0.25) is 0 Å². The molecule has 0 bridgehead atoms. The van der Waals surface area contributed by atoms with Gasteiger partial charge in [0.25, 0.3) is 5.56 Å². The molecule has 4 rings (SSSR count). The second-order valence-electron chi connectivity index (χ2n) is 8.05. The number of carbonyl (C=O) groups is 2. The number of aromatic nitrogens is 4. The smallest absolute Gasteiger partial charge is 0.267 e. The average molecular weight is 461 g/mol. The molecule has 0 saturated carbocycles. The third kappa shape index (κ3) is 4.14. The summed E-state index contributed by atoms with van der Waals surface area (Å²) in [6.45, 7) is 8.73. The van der Waals surface area contributed by atoms with Crippen LogP contribution in [0.4, 0.5) is 0 Å². The van der Waals surface area contributed by atoms with Gasteiger partial charge in [0.15, 0.2) is 16.7 Å². The minimum atomic E-state index is -0.564. The van der Waals surface area contributed by atoms with Gasteiger partial charge in [0.1, 0.15) is 5.82 Å². The van der Waals surface area contributed by atoms with E-state index in [-0.39, 0.29) is 17.1 Å². The maximum atomic E-state index is 13.4. The fraction of sp³-hybridized carbons (Fsp3) is 0.240. The van der Waals surface area contributed by atoms with Crippen molar-refractivity contribution in [2.45, 2.75) is 45.0 Å². The number of nitrogens with one attached hydrogen (secondary N) is 1. The van der Waals surface area contributed by atoms with Gasteiger partial charge in [-0.25, -0.2) is 14.5 Å². The molecule has 1 unspecified atom stereocenters. The molecule has 7 nitrogen and oxygen atoms in total. The van der Waals surface area contributed by atoms with Crippen LogP contribution in [0.15, 0.2) is 52.5 Å². The topological polar surface area (TPSA) is 97.7 Å². The zero-order chi connectivity index (χ0) is 23.9. The van der Waals surface area contributed by atoms with Crippen molar-refractivity contribution in [2.24, 2.45) is 0 Å². The fourth-order valence-corrected chi connectivity index (χ4v) is 4.90. The monoisotopic (exact) mass is 460 g/mol. The minimum absolute atomic E-state index is 0.0870. The number of benzene rings is 1. The lowest BCUT2D eigenvalue weighted by Gasteiger charge is -2.15. The Kier molecular flexibility index (Phi) is 6.03. The van der Waals surface area contributed by atoms with Crippen molar-refractivity contribution in [3.8, 4) is 5.82 Å². The van der Waals surface area contributed by atoms with Crippen molar-refractivity contribution in [3.05, 3.63) is 81.0 Å². The molecular formula is C25H24N4O3S. The van der Waals surface area contributed by atoms with E-state index in [2.05, 4.69) is 9.97 Å². The van der Waals surface area contributed by atoms with Gasteiger partial charge in [-0.2, -0.15) is 0 Å². The third-order valence-electron chi connectivity index (χ3n) is 5.56. The van der Waals surface area contributed by atoms with Gasteiger partial charge in [-0.3, -0.25) is 14.4 Å². The van der Waals surface area contributed by atoms with Crippen LogP contribution in [0.1, 0.15) is 51.5 Å². The molecule has 0 fully saturated rings. The van der Waals surface area contributed by atoms with E-state index in [9.17, 15) is 14.4 Å². The van der Waals surface area contributed by atoms with Gasteiger partial charge in [-0.05, 0) is 63.9 Å². The number of H-pyrrole nitrogens is 1. The Balaban J connectivity index is 1.80. The highest BCUT2D eigenvalue weighted by molar-refractivity contribution is 8.00. The molecule has 0 aliphatic rings. The summed E-state index contributed by atoms with van der Waals surface area (Å²) in [5.41, 5.74) is 3.54. The molecule has 0 aliphatic carbocycles. The molecule has 1 N–H and O–H groups in total. The molecule has 0 radical (unpaired) electrons. The SMILES string of the molecule is CC(=O)c1c(C)[nH]c(C(=O)C(C)Sc2nc3ccccc3c(=O)n2-c2ccc(C)cn2)c1C. The number of rotatable bonds is 6. The minimum Gasteiger partial charge on any atom is -0.355 e. The van der Waals surface area contributed by atoms with Crippen LogP contribution < -0.4 is 5.56 Å². The van der Waals surface area contributed by atoms with Gasteiger partial charge in [0.05, 0.1) is 21.8 Å². The number of hydrogen-bond acceptors (Lipinski definition) is 6. The van der Waals surface area contributed by atoms with E-state index in [1.54, 1.807) is 51.2 Å². The average Bonchev–Trinajstić information content (AvgIpc) is 3.08. The van der Waals surface area contributed by atoms with Gasteiger partial charge >= 0.3 is 0 Å². The molecule has 4 aromatic rings. The van der Waals surface area contributed by atoms with Crippen molar-refractivity contribution in [3.63, 3.8) is 0 Å². The first-order valence-corrected chi connectivity index (χ1v) is 11.4. The summed E-state index contributed by atoms with van der Waals surface area (Å²) in [7, 11) is 0. The van der Waals surface area contributed by atoms with Gasteiger partial charge in [0, 0.05) is 17.5 Å². The number of Topliss-reactive ketones (excluding diaryl/α,β-unsaturated/α-hetero) is 2. The van der Waals surface area contributed by atoms with Crippen molar-refractivity contribution < 1.29 is 9.59 Å². The first-order chi connectivity index (χ1) is 15.7. The lowest BCUT2D eigenvalue weighted by Crippen LogP contribution is -2.24. The van der Waals surface area contributed by atoms with E-state index in [4.69, 9.17) is 4.98 Å². The Bertz CT molecular complexity index is 1450. The number of hydrogen-bond donors (Lipinski definition) is 1. The summed E-state index contributed by atoms with van der Waals surface area (Å²) in [6.07, 6.45) is 1.69. The van der Waals surface area contributed by atoms with Crippen LogP contribution in [0.25, 0.3) is 16.7 Å². The molecule has 8 heteroatoms. The second kappa shape index (κ2) is 8.78. The van der Waals surface area contributed by atoms with Gasteiger partial charge in [-0.1, -0.05) is 30.0 Å². The lowest BCUT2D eigenvalue weighted by molar-refractivity contribution is 0.0988. The number of ketones is 2. The molecule has 1 aromatic carbocycles. The first kappa shape index (κ1) is 22.7. The Morgan fingerprint density at radius 2 is 1.82 bits per heavy atom. The van der Waals surface area contributed by atoms with E-state index >= 15 is 0 Å². The van der Waals surface area contributed by atoms with Crippen molar-refractivity contribution in [2.75, 3.05) is 0 Å². The standard InChI is InChI=1S/C25H24N4O3S/c1-13-10-11-20(26-12-13)29-24(32)18-8-6-7-9-19(18)28-25(29)33-17(5)23(31)22-14(2)21(16(4)30)15(3)27-22/h6-12,17,27H,1-5H3. The summed E-state index contributed by atoms with van der Waals surface area (Å²) in [5.74, 6) is 0.187. The van der Waals surface area contributed by atoms with E-state index < -0.39 is 5.25 Å². The summed E-state index contributed by atoms with van der Waals surface area (Å²) in [6, 6.07) is 10.8. The van der Waals surface area contributed by atoms with E-state index in [1.807, 2.05) is 19.1 Å². The highest BCUT2D eigenvalue weighted by atomic mass is 32.2. The summed E-state index contributed by atoms with van der Waals surface area (Å²) in [5, 5.41) is 0.292. The molecular weight excluding hydrogens is 436 g/mol. The number of aromatic amines is 1. The van der Waals surface area contributed by atoms with Gasteiger partial charge < -0.3 is 4.98 Å². The van der Waals surface area contributed by atoms with Crippen molar-refractivity contribution >= 4 is 34.2 Å². The summed E-state index contributed by atoms with van der Waals surface area (Å²) < 4.78 is 1.45. The molecule has 168 valence electrons. The number of para-hydroxylation sites is 1. The number of thioether (sulfide) groups is 1. The molecule has 0 amide bonds. The Morgan fingerprint density at radius 1 is 1.09 bits per heavy atom. The molecule has 33 heavy (non-hydrogen) atoms. The predicted octanol–water partition coefficient (Wildman–Crippen LogP) is 4.60. The second-order valence-corrected chi connectivity index (χ2v) is 9.36. The molecule has 0 saturated heterocycles. The maximum Gasteiger partial charge on any atom is 0.267 e. The molecule has 3 aromatic heterocycles. The first-order valence-electron chi connectivity index (χ1n) is 10.5. The van der Waals surface area contributed by atoms with Gasteiger partial charge in [-0.15, -0.1) is 0 Å². The van der Waals surface area contributed by atoms with Crippen LogP contribution in [0.3, 0.4) is 0 Å². The Labute approximate surface area is 195 Å². The number of carbonyl (C=O) groups excluding carboxylic acids is 2. The lowest BCUT2D eigenvalue weighted by atomic mass is 10.0. The molecule has 3 heterocycles. The predicted molar refractivity (Wildman–Crippen MR) is 130 cm³/mol. The van der Waals surface area contributed by atoms with Crippen LogP contribution in [0.5, 0.6) is 0 Å². The Morgan fingerprint density at radius 3 is 2.45 bits per heavy atom. The number of nitrogens with zero attached hydrogens (tertiary/aromatic N) is 3. The van der Waals surface area contributed by atoms with Crippen molar-refractivity contribution in [1.29, 1.82) is 0 Å². The fourth-order valence-electron chi connectivity index (χ4n) is 3.93. The molecule has 0 aliphatic heterocycles. The van der Waals surface area contributed by atoms with E-state index in [0.717, 1.165) is 5.56 Å². The number of aryl methyl sites for hydroxylation is 2. The largest absolute Gasteiger partial charge is 0.355 e. The Hall–Kier alpha value is -3.52. The zero-order valence-corrected chi connectivity index (χ0v) is 19.9. The third-order valence-corrected chi connectivity index (χ3v) is 6.61.